The molecule has 0 fully saturated rings. The summed E-state index contributed by atoms with van der Waals surface area (Å²) in [6.45, 7) is 0. The lowest BCUT2D eigenvalue weighted by atomic mass is 10.0. The molecule has 2 aromatic rings. The lowest BCUT2D eigenvalue weighted by Crippen LogP contribution is -2.19. The molecule has 1 atom stereocenters. The monoisotopic (exact) mass is 247 g/mol. The summed E-state index contributed by atoms with van der Waals surface area (Å²) in [5.41, 5.74) is 2.67. The first kappa shape index (κ1) is 12.3. The Morgan fingerprint density at radius 2 is 2.00 bits per heavy atom. The molecule has 0 saturated heterocycles. The van der Waals surface area contributed by atoms with Gasteiger partial charge in [-0.15, -0.1) is 0 Å². The number of hydrogen-bond acceptors (Lipinski definition) is 4. The van der Waals surface area contributed by atoms with Crippen molar-refractivity contribution in [2.45, 2.75) is 18.9 Å². The number of aliphatic hydroxyl groups excluding tert-OH is 1. The quantitative estimate of drug-likeness (QED) is 0.840. The van der Waals surface area contributed by atoms with E-state index in [9.17, 15) is 9.90 Å². The van der Waals surface area contributed by atoms with Crippen molar-refractivity contribution in [2.24, 2.45) is 0 Å². The van der Waals surface area contributed by atoms with Crippen LogP contribution in [0.25, 0.3) is 11.3 Å². The van der Waals surface area contributed by atoms with Gasteiger partial charge in [-0.25, -0.2) is 4.79 Å². The number of aryl methyl sites for hydroxylation is 1. The van der Waals surface area contributed by atoms with E-state index in [0.29, 0.717) is 6.42 Å². The average molecular weight is 247 g/mol. The van der Waals surface area contributed by atoms with Gasteiger partial charge in [0.25, 0.3) is 0 Å². The number of aromatic nitrogens is 1. The fraction of sp³-hybridized carbons (Fsp3) is 0.231. The molecule has 1 aromatic carbocycles. The maximum atomic E-state index is 10.5. The van der Waals surface area contributed by atoms with Crippen LogP contribution >= 0.6 is 0 Å². The highest BCUT2D eigenvalue weighted by Crippen LogP contribution is 2.18. The predicted octanol–water partition coefficient (Wildman–Crippen LogP) is 1.72. The number of benzene rings is 1. The summed E-state index contributed by atoms with van der Waals surface area (Å²) < 4.78 is 4.76. The van der Waals surface area contributed by atoms with Crippen LogP contribution in [0.2, 0.25) is 0 Å². The number of carboxylic acid groups (broad SMARTS) is 1. The fourth-order valence-corrected chi connectivity index (χ4v) is 1.63. The Hall–Kier alpha value is -2.14. The molecule has 2 rings (SSSR count). The highest BCUT2D eigenvalue weighted by atomic mass is 16.5. The van der Waals surface area contributed by atoms with Gasteiger partial charge in [0.1, 0.15) is 12.0 Å². The van der Waals surface area contributed by atoms with Crippen molar-refractivity contribution < 1.29 is 19.5 Å². The Balaban J connectivity index is 1.98. The molecule has 0 aliphatic carbocycles. The largest absolute Gasteiger partial charge is 0.479 e. The maximum absolute atomic E-state index is 10.5. The topological polar surface area (TPSA) is 83.6 Å². The van der Waals surface area contributed by atoms with Gasteiger partial charge >= 0.3 is 5.97 Å². The van der Waals surface area contributed by atoms with Gasteiger partial charge in [-0.3, -0.25) is 0 Å². The van der Waals surface area contributed by atoms with E-state index in [1.165, 1.54) is 6.26 Å². The second-order valence-corrected chi connectivity index (χ2v) is 3.97. The summed E-state index contributed by atoms with van der Waals surface area (Å²) in [6, 6.07) is 9.32. The summed E-state index contributed by atoms with van der Waals surface area (Å²) in [7, 11) is 0. The lowest BCUT2D eigenvalue weighted by Gasteiger charge is -2.05. The van der Waals surface area contributed by atoms with Crippen molar-refractivity contribution in [3.63, 3.8) is 0 Å². The molecule has 0 aliphatic heterocycles. The van der Waals surface area contributed by atoms with Gasteiger partial charge in [0.15, 0.2) is 6.10 Å². The van der Waals surface area contributed by atoms with Gasteiger partial charge in [-0.05, 0) is 18.4 Å². The Bertz CT molecular complexity index is 504. The van der Waals surface area contributed by atoms with Crippen molar-refractivity contribution >= 4 is 5.97 Å². The van der Waals surface area contributed by atoms with Crippen molar-refractivity contribution in [1.82, 2.24) is 5.16 Å². The molecule has 0 aliphatic rings. The molecular weight excluding hydrogens is 234 g/mol. The van der Waals surface area contributed by atoms with E-state index in [4.69, 9.17) is 9.63 Å². The summed E-state index contributed by atoms with van der Waals surface area (Å²) in [6.07, 6.45) is 0.928. The van der Waals surface area contributed by atoms with Crippen LogP contribution in [0.15, 0.2) is 41.1 Å². The van der Waals surface area contributed by atoms with Crippen LogP contribution in [0.5, 0.6) is 0 Å². The minimum Gasteiger partial charge on any atom is -0.479 e. The first-order valence-electron chi connectivity index (χ1n) is 5.57. The first-order valence-corrected chi connectivity index (χ1v) is 5.57. The average Bonchev–Trinajstić information content (AvgIpc) is 2.90. The number of carbonyl (C=O) groups is 1. The molecule has 0 saturated carbocycles. The molecule has 2 N–H and O–H groups in total. The number of hydrogen-bond donors (Lipinski definition) is 2. The van der Waals surface area contributed by atoms with E-state index in [1.54, 1.807) is 6.07 Å². The van der Waals surface area contributed by atoms with Gasteiger partial charge < -0.3 is 14.7 Å². The third kappa shape index (κ3) is 2.95. The van der Waals surface area contributed by atoms with E-state index < -0.39 is 12.1 Å². The van der Waals surface area contributed by atoms with Gasteiger partial charge in [0, 0.05) is 11.6 Å². The van der Waals surface area contributed by atoms with Crippen LogP contribution in [-0.4, -0.2) is 27.4 Å². The van der Waals surface area contributed by atoms with Crippen LogP contribution in [0, 0.1) is 0 Å². The second-order valence-electron chi connectivity index (χ2n) is 3.97. The lowest BCUT2D eigenvalue weighted by molar-refractivity contribution is -0.146. The number of carboxylic acids is 1. The predicted molar refractivity (Wildman–Crippen MR) is 63.9 cm³/mol. The standard InChI is InChI=1S/C13H13NO4/c15-12(13(16)17)6-3-9-1-4-10(5-2-9)11-7-8-18-14-11/h1-2,4-5,7-8,12,15H,3,6H2,(H,16,17). The fourth-order valence-electron chi connectivity index (χ4n) is 1.63. The molecule has 1 aromatic heterocycles. The summed E-state index contributed by atoms with van der Waals surface area (Å²) in [5.74, 6) is -1.19. The molecular formula is C13H13NO4. The van der Waals surface area contributed by atoms with E-state index in [1.807, 2.05) is 24.3 Å². The number of nitrogens with zero attached hydrogens (tertiary/aromatic N) is 1. The smallest absolute Gasteiger partial charge is 0.332 e. The van der Waals surface area contributed by atoms with Crippen molar-refractivity contribution in [3.05, 3.63) is 42.2 Å². The zero-order chi connectivity index (χ0) is 13.0. The Kier molecular flexibility index (Phi) is 3.74. The minimum atomic E-state index is -1.31. The normalized spacial score (nSPS) is 12.3. The van der Waals surface area contributed by atoms with Gasteiger partial charge in [-0.2, -0.15) is 0 Å². The van der Waals surface area contributed by atoms with Gasteiger partial charge in [-0.1, -0.05) is 29.4 Å². The van der Waals surface area contributed by atoms with E-state index in [-0.39, 0.29) is 6.42 Å². The molecule has 0 amide bonds. The van der Waals surface area contributed by atoms with Crippen molar-refractivity contribution in [1.29, 1.82) is 0 Å². The Morgan fingerprint density at radius 3 is 2.56 bits per heavy atom. The van der Waals surface area contributed by atoms with E-state index >= 15 is 0 Å². The second kappa shape index (κ2) is 5.46. The van der Waals surface area contributed by atoms with Gasteiger partial charge in [0.2, 0.25) is 0 Å². The van der Waals surface area contributed by atoms with Crippen LogP contribution in [0.3, 0.4) is 0 Å². The first-order chi connectivity index (χ1) is 8.66. The molecule has 94 valence electrons. The third-order valence-corrected chi connectivity index (χ3v) is 2.68. The molecule has 5 heteroatoms. The number of aliphatic hydroxyl groups is 1. The molecule has 5 nitrogen and oxygen atoms in total. The minimum absolute atomic E-state index is 0.207. The van der Waals surface area contributed by atoms with Crippen LogP contribution in [0.4, 0.5) is 0 Å². The summed E-state index contributed by atoms with van der Waals surface area (Å²) in [5, 5.41) is 21.6. The highest BCUT2D eigenvalue weighted by molar-refractivity contribution is 5.71. The van der Waals surface area contributed by atoms with Gasteiger partial charge in [0.05, 0.1) is 0 Å². The molecule has 1 heterocycles. The van der Waals surface area contributed by atoms with E-state index in [2.05, 4.69) is 5.16 Å². The number of aliphatic carboxylic acids is 1. The molecule has 0 radical (unpaired) electrons. The molecule has 0 spiro atoms. The maximum Gasteiger partial charge on any atom is 0.332 e. The summed E-state index contributed by atoms with van der Waals surface area (Å²) >= 11 is 0. The van der Waals surface area contributed by atoms with Crippen LogP contribution in [0.1, 0.15) is 12.0 Å². The highest BCUT2D eigenvalue weighted by Gasteiger charge is 2.12. The van der Waals surface area contributed by atoms with Crippen molar-refractivity contribution in [3.8, 4) is 11.3 Å². The molecule has 1 unspecified atom stereocenters. The molecule has 0 bridgehead atoms. The number of rotatable bonds is 5. The molecule has 18 heavy (non-hydrogen) atoms. The Labute approximate surface area is 104 Å². The van der Waals surface area contributed by atoms with Crippen LogP contribution in [-0.2, 0) is 11.2 Å². The van der Waals surface area contributed by atoms with Crippen LogP contribution < -0.4 is 0 Å². The SMILES string of the molecule is O=C(O)C(O)CCc1ccc(-c2ccon2)cc1. The van der Waals surface area contributed by atoms with E-state index in [0.717, 1.165) is 16.8 Å². The third-order valence-electron chi connectivity index (χ3n) is 2.68. The zero-order valence-electron chi connectivity index (χ0n) is 9.61. The Morgan fingerprint density at radius 1 is 1.28 bits per heavy atom. The van der Waals surface area contributed by atoms with Crippen molar-refractivity contribution in [2.75, 3.05) is 0 Å². The summed E-state index contributed by atoms with van der Waals surface area (Å²) in [4.78, 5) is 10.5. The zero-order valence-corrected chi connectivity index (χ0v) is 9.61.